The smallest absolute Gasteiger partial charge is 0.282 e. The van der Waals surface area contributed by atoms with E-state index < -0.39 is 10.2 Å². The lowest BCUT2D eigenvalue weighted by molar-refractivity contribution is 0.171. The molecule has 0 aliphatic rings. The van der Waals surface area contributed by atoms with Gasteiger partial charge in [-0.15, -0.1) is 0 Å². The normalized spacial score (nSPS) is 12.5. The van der Waals surface area contributed by atoms with E-state index in [2.05, 4.69) is 0 Å². The Morgan fingerprint density at radius 2 is 1.95 bits per heavy atom. The Balaban J connectivity index is 2.88. The Morgan fingerprint density at radius 1 is 1.26 bits per heavy atom. The van der Waals surface area contributed by atoms with Crippen molar-refractivity contribution < 1.29 is 17.6 Å². The quantitative estimate of drug-likeness (QED) is 0.688. The summed E-state index contributed by atoms with van der Waals surface area (Å²) in [5, 5.41) is 0. The number of furan rings is 1. The molecule has 0 saturated heterocycles. The van der Waals surface area contributed by atoms with Gasteiger partial charge in [-0.3, -0.25) is 0 Å². The Labute approximate surface area is 115 Å². The highest BCUT2D eigenvalue weighted by atomic mass is 32.2. The van der Waals surface area contributed by atoms with Gasteiger partial charge in [0.15, 0.2) is 0 Å². The first-order chi connectivity index (χ1) is 9.06. The van der Waals surface area contributed by atoms with Crippen LogP contribution in [0.2, 0.25) is 0 Å². The van der Waals surface area contributed by atoms with E-state index in [1.54, 1.807) is 19.2 Å². The molecule has 1 rings (SSSR count). The van der Waals surface area contributed by atoms with Crippen molar-refractivity contribution in [1.82, 2.24) is 8.61 Å². The summed E-state index contributed by atoms with van der Waals surface area (Å²) in [6.45, 7) is 5.40. The average Bonchev–Trinajstić information content (AvgIpc) is 2.88. The Hall–Kier alpha value is -0.890. The maximum Gasteiger partial charge on any atom is 0.282 e. The van der Waals surface area contributed by atoms with Crippen molar-refractivity contribution in [1.29, 1.82) is 0 Å². The van der Waals surface area contributed by atoms with Gasteiger partial charge in [0.05, 0.1) is 19.4 Å². The lowest BCUT2D eigenvalue weighted by Crippen LogP contribution is -2.44. The second kappa shape index (κ2) is 7.64. The van der Waals surface area contributed by atoms with E-state index in [4.69, 9.17) is 9.15 Å². The summed E-state index contributed by atoms with van der Waals surface area (Å²) < 4.78 is 38.0. The van der Waals surface area contributed by atoms with Crippen LogP contribution in [0.15, 0.2) is 22.8 Å². The van der Waals surface area contributed by atoms with Crippen LogP contribution in [-0.2, 0) is 21.5 Å². The van der Waals surface area contributed by atoms with Gasteiger partial charge in [-0.1, -0.05) is 13.8 Å². The molecule has 0 aliphatic carbocycles. The summed E-state index contributed by atoms with van der Waals surface area (Å²) in [5.74, 6) is 0.617. The van der Waals surface area contributed by atoms with Gasteiger partial charge in [0.2, 0.25) is 0 Å². The molecule has 1 aromatic rings. The van der Waals surface area contributed by atoms with E-state index in [-0.39, 0.29) is 6.54 Å². The molecule has 7 heteroatoms. The fraction of sp³-hybridized carbons (Fsp3) is 0.667. The Kier molecular flexibility index (Phi) is 6.50. The minimum absolute atomic E-state index is 0.217. The Bertz CT molecular complexity index is 440. The molecule has 110 valence electrons. The average molecular weight is 290 g/mol. The van der Waals surface area contributed by atoms with Crippen LogP contribution in [0, 0.1) is 0 Å². The predicted molar refractivity (Wildman–Crippen MR) is 72.8 cm³/mol. The molecule has 0 amide bonds. The molecule has 0 spiro atoms. The van der Waals surface area contributed by atoms with E-state index in [1.165, 1.54) is 14.9 Å². The molecule has 0 unspecified atom stereocenters. The largest absolute Gasteiger partial charge is 0.468 e. The summed E-state index contributed by atoms with van der Waals surface area (Å²) in [6, 6.07) is 3.51. The third kappa shape index (κ3) is 4.31. The zero-order valence-corrected chi connectivity index (χ0v) is 12.5. The molecule has 0 bridgehead atoms. The zero-order valence-electron chi connectivity index (χ0n) is 11.7. The second-order valence-electron chi connectivity index (χ2n) is 4.00. The number of hydrogen-bond acceptors (Lipinski definition) is 4. The van der Waals surface area contributed by atoms with E-state index in [9.17, 15) is 8.42 Å². The first-order valence-electron chi connectivity index (χ1n) is 6.32. The molecular formula is C12H22N2O4S. The van der Waals surface area contributed by atoms with Crippen molar-refractivity contribution in [2.24, 2.45) is 0 Å². The number of nitrogens with zero attached hydrogens (tertiary/aromatic N) is 2. The van der Waals surface area contributed by atoms with Crippen molar-refractivity contribution in [3.05, 3.63) is 24.2 Å². The third-order valence-electron chi connectivity index (χ3n) is 2.82. The SMILES string of the molecule is CCN(CC)S(=O)(=O)N(CCOC)Cc1ccco1. The van der Waals surface area contributed by atoms with Crippen LogP contribution < -0.4 is 0 Å². The van der Waals surface area contributed by atoms with Crippen LogP contribution in [0.5, 0.6) is 0 Å². The fourth-order valence-corrected chi connectivity index (χ4v) is 3.33. The van der Waals surface area contributed by atoms with Crippen LogP contribution in [-0.4, -0.2) is 50.4 Å². The van der Waals surface area contributed by atoms with Crippen LogP contribution in [0.4, 0.5) is 0 Å². The van der Waals surface area contributed by atoms with Gasteiger partial charge in [-0.2, -0.15) is 17.0 Å². The summed E-state index contributed by atoms with van der Waals surface area (Å²) >= 11 is 0. The van der Waals surface area contributed by atoms with Crippen LogP contribution in [0.1, 0.15) is 19.6 Å². The third-order valence-corrected chi connectivity index (χ3v) is 4.95. The van der Waals surface area contributed by atoms with Crippen LogP contribution in [0.25, 0.3) is 0 Å². The fourth-order valence-electron chi connectivity index (χ4n) is 1.76. The van der Waals surface area contributed by atoms with Gasteiger partial charge in [-0.25, -0.2) is 0 Å². The molecule has 6 nitrogen and oxygen atoms in total. The van der Waals surface area contributed by atoms with Crippen LogP contribution >= 0.6 is 0 Å². The van der Waals surface area contributed by atoms with E-state index in [0.717, 1.165) is 0 Å². The highest BCUT2D eigenvalue weighted by molar-refractivity contribution is 7.86. The van der Waals surface area contributed by atoms with Gasteiger partial charge in [0.25, 0.3) is 10.2 Å². The lowest BCUT2D eigenvalue weighted by Gasteiger charge is -2.27. The van der Waals surface area contributed by atoms with Crippen molar-refractivity contribution in [2.45, 2.75) is 20.4 Å². The highest BCUT2D eigenvalue weighted by Gasteiger charge is 2.28. The molecule has 0 N–H and O–H groups in total. The first kappa shape index (κ1) is 16.2. The maximum absolute atomic E-state index is 12.5. The molecule has 0 atom stereocenters. The summed E-state index contributed by atoms with van der Waals surface area (Å²) in [7, 11) is -1.93. The van der Waals surface area contributed by atoms with Gasteiger partial charge < -0.3 is 9.15 Å². The molecule has 0 radical (unpaired) electrons. The highest BCUT2D eigenvalue weighted by Crippen LogP contribution is 2.13. The molecule has 0 saturated carbocycles. The minimum atomic E-state index is -3.48. The number of ether oxygens (including phenoxy) is 1. The van der Waals surface area contributed by atoms with Crippen molar-refractivity contribution in [3.63, 3.8) is 0 Å². The maximum atomic E-state index is 12.5. The standard InChI is InChI=1S/C12H22N2O4S/c1-4-13(5-2)19(15,16)14(8-10-17-3)11-12-7-6-9-18-12/h6-7,9H,4-5,8,10-11H2,1-3H3. The molecule has 1 heterocycles. The van der Waals surface area contributed by atoms with Crippen molar-refractivity contribution in [2.75, 3.05) is 33.4 Å². The predicted octanol–water partition coefficient (Wildman–Crippen LogP) is 1.31. The molecule has 0 fully saturated rings. The van der Waals surface area contributed by atoms with Gasteiger partial charge in [0.1, 0.15) is 5.76 Å². The molecule has 19 heavy (non-hydrogen) atoms. The van der Waals surface area contributed by atoms with E-state index in [1.807, 2.05) is 13.8 Å². The second-order valence-corrected chi connectivity index (χ2v) is 5.93. The molecule has 0 aromatic carbocycles. The number of hydrogen-bond donors (Lipinski definition) is 0. The summed E-state index contributed by atoms with van der Waals surface area (Å²) in [6.07, 6.45) is 1.54. The van der Waals surface area contributed by atoms with E-state index in [0.29, 0.717) is 32.0 Å². The number of rotatable bonds is 9. The van der Waals surface area contributed by atoms with Gasteiger partial charge >= 0.3 is 0 Å². The monoisotopic (exact) mass is 290 g/mol. The lowest BCUT2D eigenvalue weighted by atomic mass is 10.4. The summed E-state index contributed by atoms with van der Waals surface area (Å²) in [4.78, 5) is 0. The van der Waals surface area contributed by atoms with Crippen molar-refractivity contribution >= 4 is 10.2 Å². The van der Waals surface area contributed by atoms with Crippen LogP contribution in [0.3, 0.4) is 0 Å². The first-order valence-corrected chi connectivity index (χ1v) is 7.72. The zero-order chi connectivity index (χ0) is 14.3. The number of methoxy groups -OCH3 is 1. The topological polar surface area (TPSA) is 63.0 Å². The van der Waals surface area contributed by atoms with Crippen molar-refractivity contribution in [3.8, 4) is 0 Å². The molecule has 1 aromatic heterocycles. The van der Waals surface area contributed by atoms with Gasteiger partial charge in [0, 0.05) is 26.7 Å². The summed E-state index contributed by atoms with van der Waals surface area (Å²) in [5.41, 5.74) is 0. The minimum Gasteiger partial charge on any atom is -0.468 e. The molecular weight excluding hydrogens is 268 g/mol. The molecule has 0 aliphatic heterocycles. The van der Waals surface area contributed by atoms with E-state index >= 15 is 0 Å². The Morgan fingerprint density at radius 3 is 2.42 bits per heavy atom. The van der Waals surface area contributed by atoms with Gasteiger partial charge in [-0.05, 0) is 12.1 Å².